The highest BCUT2D eigenvalue weighted by Crippen LogP contribution is 2.30. The molecule has 0 bridgehead atoms. The first-order valence-corrected chi connectivity index (χ1v) is 8.55. The van der Waals surface area contributed by atoms with Crippen LogP contribution in [0.1, 0.15) is 30.6 Å². The summed E-state index contributed by atoms with van der Waals surface area (Å²) >= 11 is 0. The SMILES string of the molecule is CCOC(=O)c1cn(NC)c2cc(N3CCC(C)(N)C3)c(F)cc2c1=O. The number of nitrogens with two attached hydrogens (primary N) is 1. The second-order valence-corrected chi connectivity index (χ2v) is 6.83. The minimum absolute atomic E-state index is 0.112. The number of fused-ring (bicyclic) bond motifs is 1. The number of esters is 1. The van der Waals surface area contributed by atoms with Crippen molar-refractivity contribution in [3.63, 3.8) is 0 Å². The molecule has 1 aromatic carbocycles. The number of halogens is 1. The van der Waals surface area contributed by atoms with E-state index in [-0.39, 0.29) is 23.1 Å². The molecular formula is C18H23FN4O3. The maximum Gasteiger partial charge on any atom is 0.343 e. The first-order valence-electron chi connectivity index (χ1n) is 8.55. The van der Waals surface area contributed by atoms with Gasteiger partial charge in [0, 0.05) is 31.9 Å². The molecule has 1 aliphatic heterocycles. The maximum absolute atomic E-state index is 14.8. The Morgan fingerprint density at radius 2 is 2.19 bits per heavy atom. The van der Waals surface area contributed by atoms with Gasteiger partial charge in [-0.05, 0) is 32.4 Å². The Hall–Kier alpha value is -2.61. The van der Waals surface area contributed by atoms with Crippen molar-refractivity contribution in [3.8, 4) is 0 Å². The number of benzene rings is 1. The van der Waals surface area contributed by atoms with Gasteiger partial charge in [-0.15, -0.1) is 0 Å². The Morgan fingerprint density at radius 1 is 1.46 bits per heavy atom. The second kappa shape index (κ2) is 6.60. The van der Waals surface area contributed by atoms with E-state index in [1.165, 1.54) is 16.9 Å². The highest BCUT2D eigenvalue weighted by atomic mass is 19.1. The van der Waals surface area contributed by atoms with Gasteiger partial charge in [0.25, 0.3) is 0 Å². The fourth-order valence-electron chi connectivity index (χ4n) is 3.31. The van der Waals surface area contributed by atoms with E-state index in [0.29, 0.717) is 24.3 Å². The molecule has 26 heavy (non-hydrogen) atoms. The van der Waals surface area contributed by atoms with Gasteiger partial charge in [0.2, 0.25) is 5.43 Å². The zero-order valence-corrected chi connectivity index (χ0v) is 15.1. The fourth-order valence-corrected chi connectivity index (χ4v) is 3.31. The fraction of sp³-hybridized carbons (Fsp3) is 0.444. The molecule has 1 aliphatic rings. The lowest BCUT2D eigenvalue weighted by molar-refractivity contribution is 0.0524. The largest absolute Gasteiger partial charge is 0.462 e. The van der Waals surface area contributed by atoms with Gasteiger partial charge in [-0.1, -0.05) is 0 Å². The number of hydrogen-bond acceptors (Lipinski definition) is 6. The Balaban J connectivity index is 2.17. The van der Waals surface area contributed by atoms with Gasteiger partial charge in [-0.25, -0.2) is 9.18 Å². The molecule has 0 radical (unpaired) electrons. The van der Waals surface area contributed by atoms with Crippen LogP contribution in [0.3, 0.4) is 0 Å². The van der Waals surface area contributed by atoms with Gasteiger partial charge in [-0.3, -0.25) is 9.47 Å². The topological polar surface area (TPSA) is 89.6 Å². The average Bonchev–Trinajstić information content (AvgIpc) is 2.95. The summed E-state index contributed by atoms with van der Waals surface area (Å²) in [7, 11) is 1.65. The zero-order chi connectivity index (χ0) is 19.1. The molecule has 0 aliphatic carbocycles. The Kier molecular flexibility index (Phi) is 4.62. The molecule has 3 rings (SSSR count). The van der Waals surface area contributed by atoms with Crippen molar-refractivity contribution >= 4 is 22.6 Å². The number of anilines is 1. The normalized spacial score (nSPS) is 19.8. The molecule has 0 saturated carbocycles. The minimum atomic E-state index is -0.730. The van der Waals surface area contributed by atoms with E-state index in [1.807, 2.05) is 11.8 Å². The summed E-state index contributed by atoms with van der Waals surface area (Å²) in [5.41, 5.74) is 8.83. The predicted molar refractivity (Wildman–Crippen MR) is 98.8 cm³/mol. The van der Waals surface area contributed by atoms with Crippen molar-refractivity contribution in [1.29, 1.82) is 0 Å². The van der Waals surface area contributed by atoms with Crippen LogP contribution < -0.4 is 21.5 Å². The maximum atomic E-state index is 14.8. The molecule has 1 aromatic heterocycles. The van der Waals surface area contributed by atoms with Gasteiger partial charge in [0.05, 0.1) is 23.2 Å². The molecule has 0 amide bonds. The van der Waals surface area contributed by atoms with Crippen LogP contribution in [0.15, 0.2) is 23.1 Å². The molecule has 0 spiro atoms. The van der Waals surface area contributed by atoms with Crippen LogP contribution in [-0.4, -0.2) is 42.9 Å². The highest BCUT2D eigenvalue weighted by Gasteiger charge is 2.31. The lowest BCUT2D eigenvalue weighted by Crippen LogP contribution is -2.39. The van der Waals surface area contributed by atoms with E-state index in [9.17, 15) is 14.0 Å². The number of hydrogen-bond donors (Lipinski definition) is 2. The first-order chi connectivity index (χ1) is 12.3. The first kappa shape index (κ1) is 18.2. The van der Waals surface area contributed by atoms with Crippen LogP contribution in [-0.2, 0) is 4.74 Å². The number of aromatic nitrogens is 1. The number of ether oxygens (including phenoxy) is 1. The quantitative estimate of drug-likeness (QED) is 0.800. The number of pyridine rings is 1. The van der Waals surface area contributed by atoms with E-state index >= 15 is 0 Å². The smallest absolute Gasteiger partial charge is 0.343 e. The molecular weight excluding hydrogens is 339 g/mol. The van der Waals surface area contributed by atoms with E-state index in [4.69, 9.17) is 10.5 Å². The van der Waals surface area contributed by atoms with E-state index in [0.717, 1.165) is 6.42 Å². The summed E-state index contributed by atoms with van der Waals surface area (Å²) in [6, 6.07) is 2.79. The number of nitrogens with zero attached hydrogens (tertiary/aromatic N) is 2. The minimum Gasteiger partial charge on any atom is -0.462 e. The van der Waals surface area contributed by atoms with Gasteiger partial charge in [-0.2, -0.15) is 0 Å². The molecule has 1 saturated heterocycles. The van der Waals surface area contributed by atoms with Crippen molar-refractivity contribution in [2.24, 2.45) is 5.73 Å². The van der Waals surface area contributed by atoms with Gasteiger partial charge < -0.3 is 20.8 Å². The van der Waals surface area contributed by atoms with E-state index in [1.54, 1.807) is 20.0 Å². The molecule has 2 aromatic rings. The Bertz CT molecular complexity index is 923. The van der Waals surface area contributed by atoms with E-state index in [2.05, 4.69) is 5.43 Å². The van der Waals surface area contributed by atoms with Crippen molar-refractivity contribution in [1.82, 2.24) is 4.68 Å². The van der Waals surface area contributed by atoms with Crippen LogP contribution in [0.5, 0.6) is 0 Å². The number of carbonyl (C=O) groups is 1. The third-order valence-electron chi connectivity index (χ3n) is 4.65. The third-order valence-corrected chi connectivity index (χ3v) is 4.65. The zero-order valence-electron chi connectivity index (χ0n) is 15.1. The highest BCUT2D eigenvalue weighted by molar-refractivity contribution is 5.94. The average molecular weight is 362 g/mol. The van der Waals surface area contributed by atoms with Crippen molar-refractivity contribution in [2.75, 3.05) is 37.1 Å². The van der Waals surface area contributed by atoms with Gasteiger partial charge in [0.1, 0.15) is 11.4 Å². The van der Waals surface area contributed by atoms with Crippen LogP contribution in [0.4, 0.5) is 10.1 Å². The summed E-state index contributed by atoms with van der Waals surface area (Å²) in [5.74, 6) is -1.25. The van der Waals surface area contributed by atoms with Crippen LogP contribution in [0.25, 0.3) is 10.9 Å². The van der Waals surface area contributed by atoms with E-state index < -0.39 is 17.2 Å². The van der Waals surface area contributed by atoms with Gasteiger partial charge >= 0.3 is 5.97 Å². The predicted octanol–water partition coefficient (Wildman–Crippen LogP) is 1.42. The number of rotatable bonds is 4. The number of carbonyl (C=O) groups excluding carboxylic acids is 1. The molecule has 1 atom stereocenters. The van der Waals surface area contributed by atoms with Gasteiger partial charge in [0.15, 0.2) is 0 Å². The summed E-state index contributed by atoms with van der Waals surface area (Å²) in [4.78, 5) is 26.6. The summed E-state index contributed by atoms with van der Waals surface area (Å²) in [6.45, 7) is 4.90. The molecule has 8 heteroatoms. The van der Waals surface area contributed by atoms with Crippen molar-refractivity contribution < 1.29 is 13.9 Å². The van der Waals surface area contributed by atoms with Crippen LogP contribution >= 0.6 is 0 Å². The second-order valence-electron chi connectivity index (χ2n) is 6.83. The monoisotopic (exact) mass is 362 g/mol. The molecule has 140 valence electrons. The van der Waals surface area contributed by atoms with Crippen LogP contribution in [0, 0.1) is 5.82 Å². The standard InChI is InChI=1S/C18H23FN4O3/c1-4-26-17(25)12-9-23(21-3)14-8-15(13(19)7-11(14)16(12)24)22-6-5-18(2,20)10-22/h7-9,21H,4-6,10,20H2,1-3H3. The Labute approximate surface area is 150 Å². The van der Waals surface area contributed by atoms with Crippen LogP contribution in [0.2, 0.25) is 0 Å². The Morgan fingerprint density at radius 3 is 2.77 bits per heavy atom. The molecule has 7 nitrogen and oxygen atoms in total. The molecule has 3 N–H and O–H groups in total. The third kappa shape index (κ3) is 3.12. The number of nitrogens with one attached hydrogen (secondary N) is 1. The lowest BCUT2D eigenvalue weighted by atomic mass is 10.0. The van der Waals surface area contributed by atoms with Crippen molar-refractivity contribution in [2.45, 2.75) is 25.8 Å². The summed E-state index contributed by atoms with van der Waals surface area (Å²) in [5, 5.41) is 0.112. The molecule has 1 unspecified atom stereocenters. The van der Waals surface area contributed by atoms with Crippen molar-refractivity contribution in [3.05, 3.63) is 39.9 Å². The molecule has 2 heterocycles. The summed E-state index contributed by atoms with van der Waals surface area (Å²) < 4.78 is 21.2. The summed E-state index contributed by atoms with van der Waals surface area (Å²) in [6.07, 6.45) is 2.13. The molecule has 1 fully saturated rings. The lowest BCUT2D eigenvalue weighted by Gasteiger charge is -2.23.